The number of nitriles is 1. The van der Waals surface area contributed by atoms with Gasteiger partial charge in [0.25, 0.3) is 0 Å². The van der Waals surface area contributed by atoms with E-state index in [1.54, 1.807) is 7.11 Å². The Labute approximate surface area is 116 Å². The molecule has 0 aliphatic carbocycles. The fraction of sp³-hybridized carbons (Fsp3) is 0.125. The molecule has 1 aromatic heterocycles. The first-order valence-electron chi connectivity index (χ1n) is 6.30. The Bertz CT molecular complexity index is 782. The fourth-order valence-electron chi connectivity index (χ4n) is 2.23. The van der Waals surface area contributed by atoms with Crippen LogP contribution in [0.1, 0.15) is 11.3 Å². The lowest BCUT2D eigenvalue weighted by Crippen LogP contribution is -2.01. The number of ether oxygens (including phenoxy) is 1. The van der Waals surface area contributed by atoms with Crippen LogP contribution in [0.4, 0.5) is 0 Å². The van der Waals surface area contributed by atoms with Crippen molar-refractivity contribution in [3.8, 4) is 11.8 Å². The normalized spacial score (nSPS) is 10.4. The maximum absolute atomic E-state index is 9.14. The second kappa shape index (κ2) is 5.06. The van der Waals surface area contributed by atoms with Crippen molar-refractivity contribution >= 4 is 10.9 Å². The monoisotopic (exact) mass is 263 g/mol. The van der Waals surface area contributed by atoms with Gasteiger partial charge in [-0.15, -0.1) is 0 Å². The Hall–Kier alpha value is -2.80. The van der Waals surface area contributed by atoms with Crippen LogP contribution in [0, 0.1) is 11.3 Å². The van der Waals surface area contributed by atoms with Crippen LogP contribution >= 0.6 is 0 Å². The van der Waals surface area contributed by atoms with Gasteiger partial charge < -0.3 is 4.74 Å². The van der Waals surface area contributed by atoms with Gasteiger partial charge in [0.05, 0.1) is 19.2 Å². The molecular weight excluding hydrogens is 250 g/mol. The summed E-state index contributed by atoms with van der Waals surface area (Å²) in [5.74, 6) is 0.830. The summed E-state index contributed by atoms with van der Waals surface area (Å²) >= 11 is 0. The number of rotatable bonds is 3. The Morgan fingerprint density at radius 1 is 1.15 bits per heavy atom. The largest absolute Gasteiger partial charge is 0.497 e. The van der Waals surface area contributed by atoms with E-state index in [2.05, 4.69) is 11.2 Å². The van der Waals surface area contributed by atoms with Crippen molar-refractivity contribution in [1.82, 2.24) is 9.78 Å². The molecule has 0 amide bonds. The molecule has 0 saturated heterocycles. The van der Waals surface area contributed by atoms with E-state index in [4.69, 9.17) is 10.00 Å². The first kappa shape index (κ1) is 12.2. The number of methoxy groups -OCH3 is 1. The minimum absolute atomic E-state index is 0.467. The van der Waals surface area contributed by atoms with Crippen molar-refractivity contribution < 1.29 is 4.74 Å². The van der Waals surface area contributed by atoms with Crippen molar-refractivity contribution in [1.29, 1.82) is 5.26 Å². The molecule has 4 nitrogen and oxygen atoms in total. The smallest absolute Gasteiger partial charge is 0.170 e. The van der Waals surface area contributed by atoms with E-state index in [-0.39, 0.29) is 0 Å². The lowest BCUT2D eigenvalue weighted by Gasteiger charge is -2.05. The Balaban J connectivity index is 2.00. The molecular formula is C16H13N3O. The Kier molecular flexibility index (Phi) is 3.10. The molecule has 2 aromatic carbocycles. The van der Waals surface area contributed by atoms with Gasteiger partial charge in [0.15, 0.2) is 5.69 Å². The van der Waals surface area contributed by atoms with Crippen LogP contribution in [0.3, 0.4) is 0 Å². The zero-order valence-electron chi connectivity index (χ0n) is 11.1. The molecule has 0 N–H and O–H groups in total. The minimum Gasteiger partial charge on any atom is -0.497 e. The highest BCUT2D eigenvalue weighted by molar-refractivity contribution is 5.84. The quantitative estimate of drug-likeness (QED) is 0.730. The maximum Gasteiger partial charge on any atom is 0.170 e. The predicted molar refractivity (Wildman–Crippen MR) is 76.5 cm³/mol. The molecule has 0 unspecified atom stereocenters. The lowest BCUT2D eigenvalue weighted by atomic mass is 10.2. The molecule has 3 rings (SSSR count). The van der Waals surface area contributed by atoms with Crippen molar-refractivity contribution in [2.24, 2.45) is 0 Å². The second-order valence-electron chi connectivity index (χ2n) is 4.48. The predicted octanol–water partition coefficient (Wildman–Crippen LogP) is 2.96. The molecule has 0 fully saturated rings. The molecule has 3 aromatic rings. The van der Waals surface area contributed by atoms with Crippen molar-refractivity contribution in [3.05, 3.63) is 59.8 Å². The van der Waals surface area contributed by atoms with Gasteiger partial charge in [0.1, 0.15) is 11.8 Å². The molecule has 0 spiro atoms. The first-order valence-corrected chi connectivity index (χ1v) is 6.30. The molecule has 0 atom stereocenters. The molecule has 0 radical (unpaired) electrons. The van der Waals surface area contributed by atoms with Crippen LogP contribution < -0.4 is 4.74 Å². The molecule has 20 heavy (non-hydrogen) atoms. The number of hydrogen-bond acceptors (Lipinski definition) is 3. The van der Waals surface area contributed by atoms with Crippen LogP contribution in [0.5, 0.6) is 5.75 Å². The summed E-state index contributed by atoms with van der Waals surface area (Å²) in [6.45, 7) is 0.631. The van der Waals surface area contributed by atoms with E-state index >= 15 is 0 Å². The number of hydrogen-bond donors (Lipinski definition) is 0. The number of nitrogens with zero attached hydrogens (tertiary/aromatic N) is 3. The molecule has 0 bridgehead atoms. The maximum atomic E-state index is 9.14. The average molecular weight is 263 g/mol. The average Bonchev–Trinajstić information content (AvgIpc) is 2.86. The van der Waals surface area contributed by atoms with E-state index in [1.165, 1.54) is 0 Å². The molecule has 0 aliphatic heterocycles. The first-order chi connectivity index (χ1) is 9.81. The highest BCUT2D eigenvalue weighted by Crippen LogP contribution is 2.19. The summed E-state index contributed by atoms with van der Waals surface area (Å²) in [6.07, 6.45) is 0. The van der Waals surface area contributed by atoms with Crippen molar-refractivity contribution in [2.75, 3.05) is 7.11 Å². The van der Waals surface area contributed by atoms with E-state index in [1.807, 2.05) is 53.2 Å². The van der Waals surface area contributed by atoms with Crippen molar-refractivity contribution in [3.63, 3.8) is 0 Å². The third-order valence-corrected chi connectivity index (χ3v) is 3.26. The SMILES string of the molecule is COc1ccc(Cn2nc(C#N)c3ccccc32)cc1. The standard InChI is InChI=1S/C16H13N3O/c1-20-13-8-6-12(7-9-13)11-19-16-5-3-2-4-14(16)15(10-17)18-19/h2-9H,11H2,1H3. The summed E-state index contributed by atoms with van der Waals surface area (Å²) in [4.78, 5) is 0. The summed E-state index contributed by atoms with van der Waals surface area (Å²) in [6, 6.07) is 17.8. The van der Waals surface area contributed by atoms with E-state index in [0.29, 0.717) is 12.2 Å². The van der Waals surface area contributed by atoms with Crippen LogP contribution in [-0.2, 0) is 6.54 Å². The number of fused-ring (bicyclic) bond motifs is 1. The molecule has 4 heteroatoms. The topological polar surface area (TPSA) is 50.8 Å². The van der Waals surface area contributed by atoms with Gasteiger partial charge in [0, 0.05) is 5.39 Å². The van der Waals surface area contributed by atoms with Crippen LogP contribution in [0.2, 0.25) is 0 Å². The van der Waals surface area contributed by atoms with Crippen LogP contribution in [0.15, 0.2) is 48.5 Å². The Morgan fingerprint density at radius 2 is 1.90 bits per heavy atom. The summed E-state index contributed by atoms with van der Waals surface area (Å²) in [5.41, 5.74) is 2.55. The van der Waals surface area contributed by atoms with Crippen LogP contribution in [-0.4, -0.2) is 16.9 Å². The number of aromatic nitrogens is 2. The zero-order valence-corrected chi connectivity index (χ0v) is 11.1. The van der Waals surface area contributed by atoms with Gasteiger partial charge in [-0.05, 0) is 29.8 Å². The zero-order chi connectivity index (χ0) is 13.9. The van der Waals surface area contributed by atoms with E-state index in [9.17, 15) is 0 Å². The molecule has 0 saturated carbocycles. The van der Waals surface area contributed by atoms with E-state index in [0.717, 1.165) is 22.2 Å². The van der Waals surface area contributed by atoms with Gasteiger partial charge in [-0.3, -0.25) is 4.68 Å². The van der Waals surface area contributed by atoms with Gasteiger partial charge in [-0.25, -0.2) is 0 Å². The van der Waals surface area contributed by atoms with Gasteiger partial charge >= 0.3 is 0 Å². The molecule has 0 aliphatic rings. The highest BCUT2D eigenvalue weighted by atomic mass is 16.5. The summed E-state index contributed by atoms with van der Waals surface area (Å²) < 4.78 is 7.00. The lowest BCUT2D eigenvalue weighted by molar-refractivity contribution is 0.414. The molecule has 98 valence electrons. The van der Waals surface area contributed by atoms with Crippen LogP contribution in [0.25, 0.3) is 10.9 Å². The fourth-order valence-corrected chi connectivity index (χ4v) is 2.23. The van der Waals surface area contributed by atoms with Gasteiger partial charge in [-0.2, -0.15) is 10.4 Å². The highest BCUT2D eigenvalue weighted by Gasteiger charge is 2.09. The van der Waals surface area contributed by atoms with Gasteiger partial charge in [0.2, 0.25) is 0 Å². The third-order valence-electron chi connectivity index (χ3n) is 3.26. The third kappa shape index (κ3) is 2.10. The number of para-hydroxylation sites is 1. The summed E-state index contributed by atoms with van der Waals surface area (Å²) in [5, 5.41) is 14.4. The summed E-state index contributed by atoms with van der Waals surface area (Å²) in [7, 11) is 1.65. The Morgan fingerprint density at radius 3 is 2.60 bits per heavy atom. The number of benzene rings is 2. The van der Waals surface area contributed by atoms with Crippen molar-refractivity contribution in [2.45, 2.75) is 6.54 Å². The van der Waals surface area contributed by atoms with Gasteiger partial charge in [-0.1, -0.05) is 24.3 Å². The second-order valence-corrected chi connectivity index (χ2v) is 4.48. The minimum atomic E-state index is 0.467. The van der Waals surface area contributed by atoms with E-state index < -0.39 is 0 Å². The molecule has 1 heterocycles.